The fourth-order valence-corrected chi connectivity index (χ4v) is 1.54. The molecule has 1 aromatic carbocycles. The molecule has 2 unspecified atom stereocenters. The molecule has 0 fully saturated rings. The lowest BCUT2D eigenvalue weighted by molar-refractivity contribution is -0.137. The average molecular weight is 267 g/mol. The maximum absolute atomic E-state index is 11.9. The molecule has 0 saturated carbocycles. The van der Waals surface area contributed by atoms with Gasteiger partial charge in [0.05, 0.1) is 6.07 Å². The lowest BCUT2D eigenvalue weighted by Gasteiger charge is -2.23. The smallest absolute Gasteiger partial charge is 0.264 e. The summed E-state index contributed by atoms with van der Waals surface area (Å²) >= 11 is 5.82. The number of carbonyl (C=O) groups is 1. The molecule has 0 bridgehead atoms. The van der Waals surface area contributed by atoms with E-state index in [2.05, 4.69) is 0 Å². The summed E-state index contributed by atoms with van der Waals surface area (Å²) in [5.74, 6) is 0.283. The summed E-state index contributed by atoms with van der Waals surface area (Å²) in [5.41, 5.74) is 0. The predicted octanol–water partition coefficient (Wildman–Crippen LogP) is 2.48. The minimum absolute atomic E-state index is 0.246. The van der Waals surface area contributed by atoms with Crippen LogP contribution in [0.4, 0.5) is 0 Å². The van der Waals surface area contributed by atoms with Crippen LogP contribution in [0.25, 0.3) is 0 Å². The molecule has 0 aliphatic heterocycles. The normalized spacial score (nSPS) is 13.3. The third-order valence-electron chi connectivity index (χ3n) is 2.57. The van der Waals surface area contributed by atoms with Gasteiger partial charge in [-0.25, -0.2) is 0 Å². The Labute approximate surface area is 112 Å². The van der Waals surface area contributed by atoms with Crippen LogP contribution in [0.1, 0.15) is 13.8 Å². The van der Waals surface area contributed by atoms with Gasteiger partial charge in [0.1, 0.15) is 11.8 Å². The molecule has 18 heavy (non-hydrogen) atoms. The van der Waals surface area contributed by atoms with E-state index in [1.165, 1.54) is 4.90 Å². The van der Waals surface area contributed by atoms with Gasteiger partial charge in [-0.15, -0.1) is 0 Å². The number of likely N-dealkylation sites (N-methyl/N-ethyl adjacent to an activating group) is 1. The van der Waals surface area contributed by atoms with E-state index in [-0.39, 0.29) is 5.91 Å². The number of carbonyl (C=O) groups excluding carboxylic acids is 1. The number of hydrogen-bond donors (Lipinski definition) is 0. The minimum atomic E-state index is -0.663. The van der Waals surface area contributed by atoms with Crippen molar-refractivity contribution in [1.29, 1.82) is 5.26 Å². The van der Waals surface area contributed by atoms with E-state index < -0.39 is 12.1 Å². The Morgan fingerprint density at radius 2 is 2.17 bits per heavy atom. The summed E-state index contributed by atoms with van der Waals surface area (Å²) in [6.45, 7) is 3.30. The van der Waals surface area contributed by atoms with Gasteiger partial charge in [0, 0.05) is 12.1 Å². The predicted molar refractivity (Wildman–Crippen MR) is 69.4 cm³/mol. The Morgan fingerprint density at radius 3 is 2.72 bits per heavy atom. The van der Waals surface area contributed by atoms with Gasteiger partial charge < -0.3 is 9.64 Å². The molecule has 1 amide bonds. The van der Waals surface area contributed by atoms with E-state index >= 15 is 0 Å². The van der Waals surface area contributed by atoms with Crippen LogP contribution in [0, 0.1) is 11.3 Å². The van der Waals surface area contributed by atoms with Crippen molar-refractivity contribution >= 4 is 17.5 Å². The Kier molecular flexibility index (Phi) is 4.99. The molecule has 0 saturated heterocycles. The van der Waals surface area contributed by atoms with Crippen LogP contribution in [0.3, 0.4) is 0 Å². The standard InChI is InChI=1S/C13H15ClN2O2/c1-9(8-15)16(3)13(17)10(2)18-12-6-4-5-11(14)7-12/h4-7,9-10H,1-3H3. The quantitative estimate of drug-likeness (QED) is 0.841. The molecule has 2 atom stereocenters. The molecule has 4 nitrogen and oxygen atoms in total. The van der Waals surface area contributed by atoms with E-state index in [1.807, 2.05) is 6.07 Å². The van der Waals surface area contributed by atoms with Crippen molar-refractivity contribution in [3.8, 4) is 11.8 Å². The molecule has 0 heterocycles. The van der Waals surface area contributed by atoms with Gasteiger partial charge in [0.15, 0.2) is 6.10 Å². The molecule has 1 rings (SSSR count). The second-order valence-electron chi connectivity index (χ2n) is 3.97. The largest absolute Gasteiger partial charge is 0.481 e. The molecule has 5 heteroatoms. The summed E-state index contributed by atoms with van der Waals surface area (Å²) in [4.78, 5) is 13.3. The second kappa shape index (κ2) is 6.27. The van der Waals surface area contributed by atoms with E-state index in [0.717, 1.165) is 0 Å². The van der Waals surface area contributed by atoms with Crippen LogP contribution in [0.5, 0.6) is 5.75 Å². The monoisotopic (exact) mass is 266 g/mol. The molecular formula is C13H15ClN2O2. The van der Waals surface area contributed by atoms with Crippen molar-refractivity contribution in [3.05, 3.63) is 29.3 Å². The highest BCUT2D eigenvalue weighted by Crippen LogP contribution is 2.18. The first-order valence-electron chi connectivity index (χ1n) is 5.54. The molecule has 0 N–H and O–H groups in total. The summed E-state index contributed by atoms with van der Waals surface area (Å²) in [6, 6.07) is 8.36. The van der Waals surface area contributed by atoms with Gasteiger partial charge >= 0.3 is 0 Å². The van der Waals surface area contributed by atoms with Gasteiger partial charge in [-0.2, -0.15) is 5.26 Å². The Morgan fingerprint density at radius 1 is 1.50 bits per heavy atom. The number of halogens is 1. The number of amides is 1. The average Bonchev–Trinajstić information content (AvgIpc) is 2.36. The van der Waals surface area contributed by atoms with Crippen molar-refractivity contribution in [2.24, 2.45) is 0 Å². The molecule has 0 aliphatic rings. The zero-order chi connectivity index (χ0) is 13.7. The summed E-state index contributed by atoms with van der Waals surface area (Å²) in [5, 5.41) is 9.31. The van der Waals surface area contributed by atoms with Gasteiger partial charge in [-0.3, -0.25) is 4.79 Å². The van der Waals surface area contributed by atoms with Crippen molar-refractivity contribution in [2.45, 2.75) is 26.0 Å². The van der Waals surface area contributed by atoms with Crippen LogP contribution in [-0.4, -0.2) is 30.0 Å². The zero-order valence-electron chi connectivity index (χ0n) is 10.6. The van der Waals surface area contributed by atoms with E-state index in [0.29, 0.717) is 10.8 Å². The number of nitriles is 1. The molecule has 0 aromatic heterocycles. The second-order valence-corrected chi connectivity index (χ2v) is 4.41. The minimum Gasteiger partial charge on any atom is -0.481 e. The lowest BCUT2D eigenvalue weighted by Crippen LogP contribution is -2.42. The van der Waals surface area contributed by atoms with Crippen molar-refractivity contribution in [2.75, 3.05) is 7.05 Å². The van der Waals surface area contributed by atoms with Crippen molar-refractivity contribution < 1.29 is 9.53 Å². The lowest BCUT2D eigenvalue weighted by atomic mass is 10.2. The summed E-state index contributed by atoms with van der Waals surface area (Å²) in [6.07, 6.45) is -0.663. The molecule has 0 radical (unpaired) electrons. The van der Waals surface area contributed by atoms with Crippen LogP contribution in [0.15, 0.2) is 24.3 Å². The molecule has 0 aliphatic carbocycles. The highest BCUT2D eigenvalue weighted by Gasteiger charge is 2.22. The third-order valence-corrected chi connectivity index (χ3v) is 2.81. The zero-order valence-corrected chi connectivity index (χ0v) is 11.3. The van der Waals surface area contributed by atoms with Crippen molar-refractivity contribution in [3.63, 3.8) is 0 Å². The Hall–Kier alpha value is -1.73. The Bertz CT molecular complexity index is 470. The first kappa shape index (κ1) is 14.3. The molecule has 96 valence electrons. The van der Waals surface area contributed by atoms with E-state index in [1.54, 1.807) is 45.2 Å². The molecule has 1 aromatic rings. The highest BCUT2D eigenvalue weighted by molar-refractivity contribution is 6.30. The highest BCUT2D eigenvalue weighted by atomic mass is 35.5. The van der Waals surface area contributed by atoms with Gasteiger partial charge in [0.2, 0.25) is 0 Å². The summed E-state index contributed by atoms with van der Waals surface area (Å²) in [7, 11) is 1.58. The number of hydrogen-bond acceptors (Lipinski definition) is 3. The van der Waals surface area contributed by atoms with Gasteiger partial charge in [-0.05, 0) is 32.0 Å². The SMILES string of the molecule is CC(Oc1cccc(Cl)c1)C(=O)N(C)C(C)C#N. The third kappa shape index (κ3) is 3.64. The van der Waals surface area contributed by atoms with Gasteiger partial charge in [0.25, 0.3) is 5.91 Å². The first-order chi connectivity index (χ1) is 8.45. The van der Waals surface area contributed by atoms with Crippen LogP contribution in [-0.2, 0) is 4.79 Å². The van der Waals surface area contributed by atoms with Crippen LogP contribution in [0.2, 0.25) is 5.02 Å². The maximum atomic E-state index is 11.9. The number of nitrogens with zero attached hydrogens (tertiary/aromatic N) is 2. The van der Waals surface area contributed by atoms with E-state index in [9.17, 15) is 4.79 Å². The first-order valence-corrected chi connectivity index (χ1v) is 5.92. The molecular weight excluding hydrogens is 252 g/mol. The van der Waals surface area contributed by atoms with E-state index in [4.69, 9.17) is 21.6 Å². The van der Waals surface area contributed by atoms with Crippen molar-refractivity contribution in [1.82, 2.24) is 4.90 Å². The fraction of sp³-hybridized carbons (Fsp3) is 0.385. The van der Waals surface area contributed by atoms with Gasteiger partial charge in [-0.1, -0.05) is 17.7 Å². The van der Waals surface area contributed by atoms with Crippen LogP contribution >= 0.6 is 11.6 Å². The molecule has 0 spiro atoms. The number of rotatable bonds is 4. The maximum Gasteiger partial charge on any atom is 0.264 e. The number of benzene rings is 1. The number of ether oxygens (including phenoxy) is 1. The topological polar surface area (TPSA) is 53.3 Å². The van der Waals surface area contributed by atoms with Crippen LogP contribution < -0.4 is 4.74 Å². The summed E-state index contributed by atoms with van der Waals surface area (Å²) < 4.78 is 5.49. The fourth-order valence-electron chi connectivity index (χ4n) is 1.36. The Balaban J connectivity index is 2.69.